The van der Waals surface area contributed by atoms with E-state index in [0.717, 1.165) is 19.4 Å². The van der Waals surface area contributed by atoms with Crippen LogP contribution >= 0.6 is 0 Å². The van der Waals surface area contributed by atoms with E-state index in [9.17, 15) is 5.21 Å². The van der Waals surface area contributed by atoms with Crippen LogP contribution in [0.1, 0.15) is 40.5 Å². The molecule has 129 valence electrons. The van der Waals surface area contributed by atoms with Gasteiger partial charge in [0.15, 0.2) is 0 Å². The lowest BCUT2D eigenvalue weighted by atomic mass is 9.80. The number of hydroxylamine groups is 2. The summed E-state index contributed by atoms with van der Waals surface area (Å²) in [5.74, 6) is 0. The van der Waals surface area contributed by atoms with Gasteiger partial charge in [0.2, 0.25) is 0 Å². The smallest absolute Gasteiger partial charge is 0.104 e. The van der Waals surface area contributed by atoms with Crippen LogP contribution in [0.2, 0.25) is 0 Å². The normalized spacial score (nSPS) is 28.0. The molecule has 0 aromatic heterocycles. The topological polar surface area (TPSA) is 63.4 Å². The second-order valence-electron chi connectivity index (χ2n) is 7.46. The van der Waals surface area contributed by atoms with Crippen LogP contribution in [0.3, 0.4) is 0 Å². The number of nitrogens with zero attached hydrogens (tertiary/aromatic N) is 1. The van der Waals surface area contributed by atoms with Crippen LogP contribution in [-0.2, 0) is 24.2 Å². The highest BCUT2D eigenvalue weighted by Gasteiger charge is 2.46. The van der Waals surface area contributed by atoms with Gasteiger partial charge in [-0.3, -0.25) is 0 Å². The van der Waals surface area contributed by atoms with E-state index in [4.69, 9.17) is 18.9 Å². The minimum absolute atomic E-state index is 0.113. The Hall–Kier alpha value is -0.240. The number of rotatable bonds is 9. The summed E-state index contributed by atoms with van der Waals surface area (Å²) < 4.78 is 21.8. The fourth-order valence-electron chi connectivity index (χ4n) is 3.16. The number of piperidine rings is 1. The molecule has 0 aromatic rings. The van der Waals surface area contributed by atoms with Crippen molar-refractivity contribution in [1.29, 1.82) is 0 Å². The summed E-state index contributed by atoms with van der Waals surface area (Å²) in [4.78, 5) is 0. The van der Waals surface area contributed by atoms with Crippen molar-refractivity contribution in [3.63, 3.8) is 0 Å². The molecule has 2 heterocycles. The van der Waals surface area contributed by atoms with Crippen LogP contribution < -0.4 is 0 Å². The molecule has 2 rings (SSSR count). The molecule has 2 saturated heterocycles. The average molecular weight is 316 g/mol. The lowest BCUT2D eigenvalue weighted by molar-refractivity contribution is -0.301. The summed E-state index contributed by atoms with van der Waals surface area (Å²) in [5.41, 5.74) is -0.766. The lowest BCUT2D eigenvalue weighted by Crippen LogP contribution is -2.59. The SMILES string of the molecule is CC1(C)CC(OCCOCCOCC2CO2)CC(C)(C)N1[O]. The highest BCUT2D eigenvalue weighted by molar-refractivity contribution is 4.96. The zero-order valence-corrected chi connectivity index (χ0v) is 14.3. The van der Waals surface area contributed by atoms with Crippen molar-refractivity contribution in [2.24, 2.45) is 0 Å². The fraction of sp³-hybridized carbons (Fsp3) is 1.00. The van der Waals surface area contributed by atoms with Crippen molar-refractivity contribution in [2.45, 2.75) is 63.8 Å². The summed E-state index contributed by atoms with van der Waals surface area (Å²) in [6.07, 6.45) is 1.93. The van der Waals surface area contributed by atoms with Crippen molar-refractivity contribution in [2.75, 3.05) is 39.6 Å². The third-order valence-electron chi connectivity index (χ3n) is 4.21. The molecular weight excluding hydrogens is 286 g/mol. The lowest BCUT2D eigenvalue weighted by Gasteiger charge is -2.49. The Morgan fingerprint density at radius 1 is 1.00 bits per heavy atom. The molecule has 0 saturated carbocycles. The quantitative estimate of drug-likeness (QED) is 0.479. The van der Waals surface area contributed by atoms with Crippen molar-refractivity contribution >= 4 is 0 Å². The van der Waals surface area contributed by atoms with E-state index in [0.29, 0.717) is 39.1 Å². The van der Waals surface area contributed by atoms with Crippen LogP contribution in [0.4, 0.5) is 0 Å². The van der Waals surface area contributed by atoms with Crippen molar-refractivity contribution in [1.82, 2.24) is 5.06 Å². The molecule has 0 aliphatic carbocycles. The molecule has 2 aliphatic rings. The first-order valence-electron chi connectivity index (χ1n) is 8.17. The number of epoxide rings is 1. The average Bonchev–Trinajstić information content (AvgIpc) is 3.22. The molecule has 0 N–H and O–H groups in total. The van der Waals surface area contributed by atoms with Crippen LogP contribution in [0.25, 0.3) is 0 Å². The largest absolute Gasteiger partial charge is 0.377 e. The van der Waals surface area contributed by atoms with Gasteiger partial charge in [0, 0.05) is 11.1 Å². The first-order chi connectivity index (χ1) is 10.3. The summed E-state index contributed by atoms with van der Waals surface area (Å²) >= 11 is 0. The van der Waals surface area contributed by atoms with Crippen LogP contribution in [-0.4, -0.2) is 68.0 Å². The molecule has 1 unspecified atom stereocenters. The maximum atomic E-state index is 12.3. The number of ether oxygens (including phenoxy) is 4. The van der Waals surface area contributed by atoms with E-state index < -0.39 is 0 Å². The van der Waals surface area contributed by atoms with E-state index in [-0.39, 0.29) is 17.2 Å². The van der Waals surface area contributed by atoms with E-state index in [1.165, 1.54) is 5.06 Å². The molecule has 1 radical (unpaired) electrons. The van der Waals surface area contributed by atoms with Crippen molar-refractivity contribution < 1.29 is 24.2 Å². The summed E-state index contributed by atoms with van der Waals surface area (Å²) in [5, 5.41) is 13.5. The van der Waals surface area contributed by atoms with Gasteiger partial charge in [-0.25, -0.2) is 0 Å². The molecule has 22 heavy (non-hydrogen) atoms. The molecule has 2 fully saturated rings. The van der Waals surface area contributed by atoms with Gasteiger partial charge in [-0.15, -0.1) is 10.3 Å². The minimum Gasteiger partial charge on any atom is -0.377 e. The number of hydrogen-bond donors (Lipinski definition) is 0. The maximum absolute atomic E-state index is 12.3. The Kier molecular flexibility index (Phi) is 6.22. The standard InChI is InChI=1S/C16H30NO5/c1-15(2)9-13(10-16(3,4)17(15)18)21-8-7-19-5-6-20-11-14-12-22-14/h13-14H,5-12H2,1-4H3. The molecule has 6 heteroatoms. The van der Waals surface area contributed by atoms with Crippen molar-refractivity contribution in [3.8, 4) is 0 Å². The second-order valence-corrected chi connectivity index (χ2v) is 7.46. The zero-order valence-electron chi connectivity index (χ0n) is 14.3. The number of hydrogen-bond acceptors (Lipinski definition) is 5. The first-order valence-corrected chi connectivity index (χ1v) is 8.17. The maximum Gasteiger partial charge on any atom is 0.104 e. The Labute approximate surface area is 133 Å². The van der Waals surface area contributed by atoms with Gasteiger partial charge in [0.05, 0.1) is 45.7 Å². The Morgan fingerprint density at radius 2 is 1.55 bits per heavy atom. The second kappa shape index (κ2) is 7.55. The van der Waals surface area contributed by atoms with Crippen LogP contribution in [0, 0.1) is 0 Å². The Balaban J connectivity index is 1.54. The van der Waals surface area contributed by atoms with Crippen molar-refractivity contribution in [3.05, 3.63) is 0 Å². The van der Waals surface area contributed by atoms with Gasteiger partial charge in [0.25, 0.3) is 0 Å². The highest BCUT2D eigenvalue weighted by atomic mass is 16.6. The molecule has 1 atom stereocenters. The monoisotopic (exact) mass is 316 g/mol. The Bertz CT molecular complexity index is 325. The fourth-order valence-corrected chi connectivity index (χ4v) is 3.16. The molecule has 0 spiro atoms. The van der Waals surface area contributed by atoms with E-state index >= 15 is 0 Å². The van der Waals surface area contributed by atoms with Gasteiger partial charge < -0.3 is 18.9 Å². The van der Waals surface area contributed by atoms with Gasteiger partial charge in [-0.05, 0) is 40.5 Å². The van der Waals surface area contributed by atoms with E-state index in [1.54, 1.807) is 0 Å². The molecule has 6 nitrogen and oxygen atoms in total. The first kappa shape index (κ1) is 18.1. The summed E-state index contributed by atoms with van der Waals surface area (Å²) in [6.45, 7) is 11.7. The van der Waals surface area contributed by atoms with Gasteiger partial charge in [-0.2, -0.15) is 0 Å². The third-order valence-corrected chi connectivity index (χ3v) is 4.21. The predicted octanol–water partition coefficient (Wildman–Crippen LogP) is 1.80. The molecule has 0 aromatic carbocycles. The summed E-state index contributed by atoms with van der Waals surface area (Å²) in [6, 6.07) is 0. The van der Waals surface area contributed by atoms with E-state index in [1.807, 2.05) is 27.7 Å². The molecule has 0 bridgehead atoms. The minimum atomic E-state index is -0.383. The van der Waals surface area contributed by atoms with Crippen LogP contribution in [0.5, 0.6) is 0 Å². The van der Waals surface area contributed by atoms with Gasteiger partial charge >= 0.3 is 0 Å². The third kappa shape index (κ3) is 5.44. The zero-order chi connectivity index (χ0) is 16.2. The van der Waals surface area contributed by atoms with E-state index in [2.05, 4.69) is 0 Å². The Morgan fingerprint density at radius 3 is 2.14 bits per heavy atom. The summed E-state index contributed by atoms with van der Waals surface area (Å²) in [7, 11) is 0. The predicted molar refractivity (Wildman–Crippen MR) is 81.0 cm³/mol. The van der Waals surface area contributed by atoms with Gasteiger partial charge in [0.1, 0.15) is 6.10 Å². The molecular formula is C16H30NO5. The highest BCUT2D eigenvalue weighted by Crippen LogP contribution is 2.38. The molecule has 0 amide bonds. The van der Waals surface area contributed by atoms with Gasteiger partial charge in [-0.1, -0.05) is 0 Å². The molecule has 2 aliphatic heterocycles. The van der Waals surface area contributed by atoms with Crippen LogP contribution in [0.15, 0.2) is 0 Å².